The van der Waals surface area contributed by atoms with E-state index in [0.29, 0.717) is 15.0 Å². The third kappa shape index (κ3) is 8.36. The second kappa shape index (κ2) is 11.6. The lowest BCUT2D eigenvalue weighted by Gasteiger charge is -2.30. The molecule has 8 nitrogen and oxygen atoms in total. The van der Waals surface area contributed by atoms with Crippen molar-refractivity contribution in [2.75, 3.05) is 18.6 Å². The number of nitrogens with one attached hydrogen (secondary N) is 1. The predicted molar refractivity (Wildman–Crippen MR) is 129 cm³/mol. The summed E-state index contributed by atoms with van der Waals surface area (Å²) < 4.78 is 49.9. The van der Waals surface area contributed by atoms with Gasteiger partial charge in [-0.25, -0.2) is 14.6 Å². The summed E-state index contributed by atoms with van der Waals surface area (Å²) in [7, 11) is 1.48. The molecule has 0 aliphatic carbocycles. The van der Waals surface area contributed by atoms with Crippen LogP contribution in [0.5, 0.6) is 0 Å². The Morgan fingerprint density at radius 3 is 2.31 bits per heavy atom. The van der Waals surface area contributed by atoms with Crippen LogP contribution < -0.4 is 10.2 Å². The lowest BCUT2D eigenvalue weighted by Crippen LogP contribution is -2.49. The maximum absolute atomic E-state index is 13.0. The minimum atomic E-state index is -4.49. The number of hydrogen-bond donors (Lipinski definition) is 2. The molecule has 35 heavy (non-hydrogen) atoms. The van der Waals surface area contributed by atoms with Gasteiger partial charge in [0, 0.05) is 13.0 Å². The summed E-state index contributed by atoms with van der Waals surface area (Å²) in [6.45, 7) is 6.63. The number of carbonyl (C=O) groups excluding carboxylic acids is 1. The van der Waals surface area contributed by atoms with Crippen LogP contribution in [-0.4, -0.2) is 47.6 Å². The lowest BCUT2D eigenvalue weighted by molar-refractivity contribution is -0.137. The van der Waals surface area contributed by atoms with Crippen LogP contribution in [0.4, 0.5) is 27.9 Å². The number of carboxylic acid groups (broad SMARTS) is 1. The van der Waals surface area contributed by atoms with Gasteiger partial charge in [-0.15, -0.1) is 0 Å². The first-order valence-electron chi connectivity index (χ1n) is 10.4. The van der Waals surface area contributed by atoms with Gasteiger partial charge in [-0.05, 0) is 54.4 Å². The molecule has 0 aliphatic rings. The van der Waals surface area contributed by atoms with E-state index in [-0.39, 0.29) is 18.3 Å². The molecule has 0 bridgehead atoms. The largest absolute Gasteiger partial charge is 0.465 e. The highest BCUT2D eigenvalue weighted by Crippen LogP contribution is 2.34. The average molecular weight is 582 g/mol. The summed E-state index contributed by atoms with van der Waals surface area (Å²) in [6, 6.07) is 3.64. The van der Waals surface area contributed by atoms with Crippen molar-refractivity contribution in [2.45, 2.75) is 58.0 Å². The number of carbonyl (C=O) groups is 2. The third-order valence-corrected chi connectivity index (χ3v) is 6.68. The molecule has 1 aromatic carbocycles. The minimum Gasteiger partial charge on any atom is -0.465 e. The van der Waals surface area contributed by atoms with Crippen LogP contribution in [-0.2, 0) is 22.3 Å². The zero-order valence-corrected chi connectivity index (χ0v) is 22.2. The molecule has 2 aromatic rings. The third-order valence-electron chi connectivity index (χ3n) is 4.83. The zero-order chi connectivity index (χ0) is 26.6. The van der Waals surface area contributed by atoms with Crippen LogP contribution >= 0.6 is 27.3 Å². The van der Waals surface area contributed by atoms with E-state index in [2.05, 4.69) is 26.2 Å². The standard InChI is InChI=1S/C22H27BrF3N3O5S/c1-12(13-6-8-14(9-7-13)22(24,25)26)15(28-19(30)34-21(2,3)4)10-29(20(31)32)18-27-16(11-33-5)17(23)35-18/h6-9,12,15H,10-11H2,1-5H3,(H,28,30)(H,31,32)/t12-,15+/m0/s1. The van der Waals surface area contributed by atoms with Gasteiger partial charge in [-0.1, -0.05) is 30.4 Å². The average Bonchev–Trinajstić information content (AvgIpc) is 3.08. The molecule has 0 spiro atoms. The van der Waals surface area contributed by atoms with Crippen LogP contribution in [0.25, 0.3) is 0 Å². The fourth-order valence-corrected chi connectivity index (χ4v) is 4.53. The van der Waals surface area contributed by atoms with E-state index in [1.165, 1.54) is 19.2 Å². The topological polar surface area (TPSA) is 101 Å². The van der Waals surface area contributed by atoms with Crippen molar-refractivity contribution in [2.24, 2.45) is 0 Å². The highest BCUT2D eigenvalue weighted by atomic mass is 79.9. The van der Waals surface area contributed by atoms with Crippen LogP contribution in [0.15, 0.2) is 28.1 Å². The first-order valence-corrected chi connectivity index (χ1v) is 12.0. The number of alkyl carbamates (subject to hydrolysis) is 1. The number of nitrogens with zero attached hydrogens (tertiary/aromatic N) is 2. The van der Waals surface area contributed by atoms with Gasteiger partial charge >= 0.3 is 18.4 Å². The molecule has 0 fully saturated rings. The van der Waals surface area contributed by atoms with Crippen molar-refractivity contribution in [1.29, 1.82) is 0 Å². The monoisotopic (exact) mass is 581 g/mol. The van der Waals surface area contributed by atoms with Gasteiger partial charge in [0.15, 0.2) is 5.13 Å². The molecule has 2 amide bonds. The van der Waals surface area contributed by atoms with E-state index >= 15 is 0 Å². The number of hydrogen-bond acceptors (Lipinski definition) is 6. The Morgan fingerprint density at radius 1 is 1.23 bits per heavy atom. The van der Waals surface area contributed by atoms with Crippen LogP contribution in [0.3, 0.4) is 0 Å². The molecule has 2 N–H and O–H groups in total. The molecule has 0 aliphatic heterocycles. The number of alkyl halides is 3. The first kappa shape index (κ1) is 28.9. The minimum absolute atomic E-state index is 0.145. The SMILES string of the molecule is COCc1nc(N(C[C@@H](NC(=O)OC(C)(C)C)[C@@H](C)c2ccc(C(F)(F)F)cc2)C(=O)O)sc1Br. The van der Waals surface area contributed by atoms with Crippen molar-refractivity contribution in [3.8, 4) is 0 Å². The summed E-state index contributed by atoms with van der Waals surface area (Å²) >= 11 is 4.41. The van der Waals surface area contributed by atoms with Gasteiger partial charge < -0.3 is 19.9 Å². The Bertz CT molecular complexity index is 1020. The summed E-state index contributed by atoms with van der Waals surface area (Å²) in [6.07, 6.45) is -6.59. The number of thiazole rings is 1. The van der Waals surface area contributed by atoms with Gasteiger partial charge in [0.1, 0.15) is 5.60 Å². The van der Waals surface area contributed by atoms with Crippen molar-refractivity contribution in [3.63, 3.8) is 0 Å². The van der Waals surface area contributed by atoms with Crippen molar-refractivity contribution >= 4 is 44.6 Å². The van der Waals surface area contributed by atoms with E-state index in [0.717, 1.165) is 28.4 Å². The molecule has 0 radical (unpaired) electrons. The zero-order valence-electron chi connectivity index (χ0n) is 19.8. The fraction of sp³-hybridized carbons (Fsp3) is 0.500. The van der Waals surface area contributed by atoms with E-state index in [1.54, 1.807) is 27.7 Å². The number of ether oxygens (including phenoxy) is 2. The Morgan fingerprint density at radius 2 is 1.83 bits per heavy atom. The first-order chi connectivity index (χ1) is 16.1. The van der Waals surface area contributed by atoms with Crippen molar-refractivity contribution in [3.05, 3.63) is 44.9 Å². The maximum Gasteiger partial charge on any atom is 0.416 e. The van der Waals surface area contributed by atoms with Crippen molar-refractivity contribution in [1.82, 2.24) is 10.3 Å². The molecule has 0 unspecified atom stereocenters. The summed E-state index contributed by atoms with van der Waals surface area (Å²) in [4.78, 5) is 29.9. The van der Waals surface area contributed by atoms with Crippen LogP contribution in [0, 0.1) is 0 Å². The maximum atomic E-state index is 13.0. The predicted octanol–water partition coefficient (Wildman–Crippen LogP) is 6.25. The van der Waals surface area contributed by atoms with E-state index in [4.69, 9.17) is 9.47 Å². The van der Waals surface area contributed by atoms with Gasteiger partial charge in [0.05, 0.1) is 34.2 Å². The molecule has 0 saturated heterocycles. The fourth-order valence-electron chi connectivity index (χ4n) is 3.09. The number of aromatic nitrogens is 1. The van der Waals surface area contributed by atoms with Gasteiger partial charge in [0.25, 0.3) is 0 Å². The molecule has 13 heteroatoms. The number of methoxy groups -OCH3 is 1. The highest BCUT2D eigenvalue weighted by molar-refractivity contribution is 9.11. The Kier molecular flexibility index (Phi) is 9.54. The lowest BCUT2D eigenvalue weighted by atomic mass is 9.92. The number of amides is 2. The van der Waals surface area contributed by atoms with Crippen molar-refractivity contribution < 1.29 is 37.3 Å². The van der Waals surface area contributed by atoms with Gasteiger partial charge in [-0.3, -0.25) is 4.90 Å². The number of benzene rings is 1. The number of rotatable bonds is 8. The second-order valence-electron chi connectivity index (χ2n) is 8.70. The van der Waals surface area contributed by atoms with E-state index in [9.17, 15) is 27.9 Å². The van der Waals surface area contributed by atoms with E-state index in [1.807, 2.05) is 0 Å². The molecule has 0 saturated carbocycles. The summed E-state index contributed by atoms with van der Waals surface area (Å²) in [5, 5.41) is 12.7. The normalized spacial score (nSPS) is 13.7. The molecule has 1 aromatic heterocycles. The number of halogens is 4. The van der Waals surface area contributed by atoms with Crippen LogP contribution in [0.2, 0.25) is 0 Å². The second-order valence-corrected chi connectivity index (χ2v) is 11.0. The number of anilines is 1. The van der Waals surface area contributed by atoms with Gasteiger partial charge in [0.2, 0.25) is 0 Å². The summed E-state index contributed by atoms with van der Waals surface area (Å²) in [5.74, 6) is -0.575. The smallest absolute Gasteiger partial charge is 0.416 e. The quantitative estimate of drug-likeness (QED) is 0.382. The summed E-state index contributed by atoms with van der Waals surface area (Å²) in [5.41, 5.74) is -0.639. The molecule has 2 atom stereocenters. The molecular weight excluding hydrogens is 555 g/mol. The Labute approximate surface area is 213 Å². The molecule has 194 valence electrons. The van der Waals surface area contributed by atoms with Crippen LogP contribution in [0.1, 0.15) is 50.4 Å². The molecule has 2 rings (SSSR count). The molecular formula is C22H27BrF3N3O5S. The van der Waals surface area contributed by atoms with E-state index < -0.39 is 41.5 Å². The Hall–Kier alpha value is -2.38. The highest BCUT2D eigenvalue weighted by Gasteiger charge is 2.33. The Balaban J connectivity index is 2.39. The van der Waals surface area contributed by atoms with Gasteiger partial charge in [-0.2, -0.15) is 13.2 Å². The molecule has 1 heterocycles.